The standard InChI is InChI=1S/C16H13ClN2O2/c1-21-15-9-12(17)7-8-13(15)16(20)19-14(10-18)11-5-3-2-4-6-11/h2-9,14H,1H3,(H,19,20). The monoisotopic (exact) mass is 300 g/mol. The fourth-order valence-corrected chi connectivity index (χ4v) is 2.06. The molecule has 0 spiro atoms. The number of ether oxygens (including phenoxy) is 1. The molecule has 2 rings (SSSR count). The van der Waals surface area contributed by atoms with Crippen LogP contribution < -0.4 is 10.1 Å². The van der Waals surface area contributed by atoms with Crippen LogP contribution in [-0.4, -0.2) is 13.0 Å². The van der Waals surface area contributed by atoms with Gasteiger partial charge in [-0.1, -0.05) is 41.9 Å². The van der Waals surface area contributed by atoms with Crippen LogP contribution in [0, 0.1) is 11.3 Å². The highest BCUT2D eigenvalue weighted by Gasteiger charge is 2.18. The first-order valence-electron chi connectivity index (χ1n) is 6.24. The zero-order chi connectivity index (χ0) is 15.2. The Morgan fingerprint density at radius 1 is 1.29 bits per heavy atom. The van der Waals surface area contributed by atoms with Gasteiger partial charge in [-0.2, -0.15) is 5.26 Å². The Bertz CT molecular complexity index is 680. The maximum atomic E-state index is 12.3. The summed E-state index contributed by atoms with van der Waals surface area (Å²) >= 11 is 5.87. The fraction of sp³-hybridized carbons (Fsp3) is 0.125. The van der Waals surface area contributed by atoms with Crippen molar-refractivity contribution in [3.05, 3.63) is 64.7 Å². The molecule has 106 valence electrons. The van der Waals surface area contributed by atoms with Gasteiger partial charge in [0.25, 0.3) is 5.91 Å². The van der Waals surface area contributed by atoms with Crippen molar-refractivity contribution < 1.29 is 9.53 Å². The predicted octanol–water partition coefficient (Wildman–Crippen LogP) is 3.34. The van der Waals surface area contributed by atoms with Crippen molar-refractivity contribution >= 4 is 17.5 Å². The van der Waals surface area contributed by atoms with Crippen LogP contribution in [0.4, 0.5) is 0 Å². The summed E-state index contributed by atoms with van der Waals surface area (Å²) in [7, 11) is 1.46. The molecule has 4 nitrogen and oxygen atoms in total. The number of amides is 1. The van der Waals surface area contributed by atoms with Crippen LogP contribution in [0.3, 0.4) is 0 Å². The average Bonchev–Trinajstić information content (AvgIpc) is 2.53. The summed E-state index contributed by atoms with van der Waals surface area (Å²) in [6.45, 7) is 0. The summed E-state index contributed by atoms with van der Waals surface area (Å²) in [4.78, 5) is 12.3. The van der Waals surface area contributed by atoms with E-state index in [0.717, 1.165) is 5.56 Å². The van der Waals surface area contributed by atoms with E-state index >= 15 is 0 Å². The first kappa shape index (κ1) is 14.9. The number of nitrogens with zero attached hydrogens (tertiary/aromatic N) is 1. The smallest absolute Gasteiger partial charge is 0.256 e. The van der Waals surface area contributed by atoms with Gasteiger partial charge in [-0.15, -0.1) is 0 Å². The van der Waals surface area contributed by atoms with Gasteiger partial charge in [0.2, 0.25) is 0 Å². The maximum absolute atomic E-state index is 12.3. The summed E-state index contributed by atoms with van der Waals surface area (Å²) in [6.07, 6.45) is 0. The van der Waals surface area contributed by atoms with Crippen molar-refractivity contribution in [2.24, 2.45) is 0 Å². The van der Waals surface area contributed by atoms with Crippen molar-refractivity contribution in [3.8, 4) is 11.8 Å². The number of carbonyl (C=O) groups excluding carboxylic acids is 1. The molecule has 0 aliphatic heterocycles. The number of methoxy groups -OCH3 is 1. The fourth-order valence-electron chi connectivity index (χ4n) is 1.90. The Hall–Kier alpha value is -2.51. The van der Waals surface area contributed by atoms with Gasteiger partial charge in [0.05, 0.1) is 18.7 Å². The van der Waals surface area contributed by atoms with Crippen molar-refractivity contribution in [1.82, 2.24) is 5.32 Å². The maximum Gasteiger partial charge on any atom is 0.256 e. The number of carbonyl (C=O) groups is 1. The van der Waals surface area contributed by atoms with E-state index in [1.165, 1.54) is 7.11 Å². The van der Waals surface area contributed by atoms with Crippen molar-refractivity contribution in [3.63, 3.8) is 0 Å². The molecule has 0 heterocycles. The van der Waals surface area contributed by atoms with E-state index in [1.54, 1.807) is 30.3 Å². The molecule has 1 N–H and O–H groups in total. The third-order valence-electron chi connectivity index (χ3n) is 2.95. The van der Waals surface area contributed by atoms with Crippen LogP contribution in [0.1, 0.15) is 22.0 Å². The lowest BCUT2D eigenvalue weighted by Gasteiger charge is -2.14. The SMILES string of the molecule is COc1cc(Cl)ccc1C(=O)NC(C#N)c1ccccc1. The normalized spacial score (nSPS) is 11.3. The lowest BCUT2D eigenvalue weighted by molar-refractivity contribution is 0.0942. The van der Waals surface area contributed by atoms with E-state index in [9.17, 15) is 10.1 Å². The summed E-state index contributed by atoms with van der Waals surface area (Å²) in [5.74, 6) is -0.0244. The summed E-state index contributed by atoms with van der Waals surface area (Å²) < 4.78 is 5.14. The topological polar surface area (TPSA) is 62.1 Å². The van der Waals surface area contributed by atoms with Crippen LogP contribution >= 0.6 is 11.6 Å². The highest BCUT2D eigenvalue weighted by atomic mass is 35.5. The van der Waals surface area contributed by atoms with Gasteiger partial charge in [-0.05, 0) is 23.8 Å². The van der Waals surface area contributed by atoms with Gasteiger partial charge in [-0.25, -0.2) is 0 Å². The summed E-state index contributed by atoms with van der Waals surface area (Å²) in [5, 5.41) is 12.4. The van der Waals surface area contributed by atoms with Crippen molar-refractivity contribution in [2.75, 3.05) is 7.11 Å². The Labute approximate surface area is 127 Å². The van der Waals surface area contributed by atoms with E-state index in [2.05, 4.69) is 11.4 Å². The molecule has 0 radical (unpaired) electrons. The minimum Gasteiger partial charge on any atom is -0.496 e. The molecule has 0 saturated carbocycles. The first-order valence-corrected chi connectivity index (χ1v) is 6.62. The number of benzene rings is 2. The molecular weight excluding hydrogens is 288 g/mol. The quantitative estimate of drug-likeness (QED) is 0.942. The number of nitriles is 1. The average molecular weight is 301 g/mol. The Morgan fingerprint density at radius 2 is 2.00 bits per heavy atom. The van der Waals surface area contributed by atoms with E-state index in [1.807, 2.05) is 18.2 Å². The van der Waals surface area contributed by atoms with Gasteiger partial charge in [0.1, 0.15) is 11.8 Å². The molecule has 0 fully saturated rings. The molecule has 0 aromatic heterocycles. The minimum absolute atomic E-state index is 0.332. The second-order valence-corrected chi connectivity index (χ2v) is 4.73. The molecule has 1 atom stereocenters. The molecule has 0 saturated heterocycles. The molecule has 5 heteroatoms. The largest absolute Gasteiger partial charge is 0.496 e. The first-order chi connectivity index (χ1) is 10.2. The minimum atomic E-state index is -0.723. The van der Waals surface area contributed by atoms with Gasteiger partial charge in [0.15, 0.2) is 0 Å². The molecular formula is C16H13ClN2O2. The summed E-state index contributed by atoms with van der Waals surface area (Å²) in [5.41, 5.74) is 1.05. The molecule has 0 bridgehead atoms. The lowest BCUT2D eigenvalue weighted by atomic mass is 10.1. The van der Waals surface area contributed by atoms with Crippen molar-refractivity contribution in [2.45, 2.75) is 6.04 Å². The van der Waals surface area contributed by atoms with Crippen molar-refractivity contribution in [1.29, 1.82) is 5.26 Å². The van der Waals surface area contributed by atoms with Crippen LogP contribution in [0.15, 0.2) is 48.5 Å². The Balaban J connectivity index is 2.23. The second kappa shape index (κ2) is 6.78. The zero-order valence-corrected chi connectivity index (χ0v) is 12.1. The number of nitrogens with one attached hydrogen (secondary N) is 1. The number of halogens is 1. The molecule has 0 aliphatic carbocycles. The third kappa shape index (κ3) is 3.53. The van der Waals surface area contributed by atoms with E-state index < -0.39 is 6.04 Å². The van der Waals surface area contributed by atoms with Gasteiger partial charge >= 0.3 is 0 Å². The van der Waals surface area contributed by atoms with Crippen LogP contribution in [-0.2, 0) is 0 Å². The van der Waals surface area contributed by atoms with Crippen LogP contribution in [0.25, 0.3) is 0 Å². The van der Waals surface area contributed by atoms with Gasteiger partial charge in [0, 0.05) is 5.02 Å². The molecule has 1 unspecified atom stereocenters. The van der Waals surface area contributed by atoms with Gasteiger partial charge < -0.3 is 10.1 Å². The van der Waals surface area contributed by atoms with Gasteiger partial charge in [-0.3, -0.25) is 4.79 Å². The van der Waals surface area contributed by atoms with Crippen LogP contribution in [0.2, 0.25) is 5.02 Å². The van der Waals surface area contributed by atoms with E-state index in [4.69, 9.17) is 16.3 Å². The molecule has 21 heavy (non-hydrogen) atoms. The number of rotatable bonds is 4. The Kier molecular flexibility index (Phi) is 4.81. The summed E-state index contributed by atoms with van der Waals surface area (Å²) in [6, 6.07) is 15.1. The number of hydrogen-bond acceptors (Lipinski definition) is 3. The number of hydrogen-bond donors (Lipinski definition) is 1. The molecule has 1 amide bonds. The predicted molar refractivity (Wildman–Crippen MR) is 80.3 cm³/mol. The zero-order valence-electron chi connectivity index (χ0n) is 11.3. The lowest BCUT2D eigenvalue weighted by Crippen LogP contribution is -2.27. The molecule has 0 aliphatic rings. The van der Waals surface area contributed by atoms with Crippen LogP contribution in [0.5, 0.6) is 5.75 Å². The van der Waals surface area contributed by atoms with E-state index in [0.29, 0.717) is 16.3 Å². The highest BCUT2D eigenvalue weighted by Crippen LogP contribution is 2.24. The highest BCUT2D eigenvalue weighted by molar-refractivity contribution is 6.30. The van der Waals surface area contributed by atoms with E-state index in [-0.39, 0.29) is 5.91 Å². The molecule has 2 aromatic carbocycles. The third-order valence-corrected chi connectivity index (χ3v) is 3.18. The Morgan fingerprint density at radius 3 is 2.62 bits per heavy atom. The molecule has 2 aromatic rings. The second-order valence-electron chi connectivity index (χ2n) is 4.29.